The molecule has 0 aliphatic carbocycles. The second-order valence-electron chi connectivity index (χ2n) is 3.29. The molecule has 1 aromatic heterocycles. The molecular weight excluding hydrogens is 244 g/mol. The van der Waals surface area contributed by atoms with Crippen LogP contribution in [0.4, 0.5) is 0 Å². The van der Waals surface area contributed by atoms with Gasteiger partial charge in [-0.05, 0) is 18.5 Å². The van der Waals surface area contributed by atoms with Gasteiger partial charge in [-0.15, -0.1) is 0 Å². The molecule has 0 spiro atoms. The summed E-state index contributed by atoms with van der Waals surface area (Å²) in [4.78, 5) is 15.7. The minimum Gasteiger partial charge on any atom is -0.466 e. The van der Waals surface area contributed by atoms with E-state index >= 15 is 0 Å². The van der Waals surface area contributed by atoms with Crippen LogP contribution in [0, 0.1) is 5.92 Å². The van der Waals surface area contributed by atoms with Crippen molar-refractivity contribution in [2.45, 2.75) is 31.5 Å². The highest BCUT2D eigenvalue weighted by molar-refractivity contribution is 8.00. The van der Waals surface area contributed by atoms with Gasteiger partial charge >= 0.3 is 5.97 Å². The molecule has 0 aliphatic rings. The molecule has 16 heavy (non-hydrogen) atoms. The highest BCUT2D eigenvalue weighted by Crippen LogP contribution is 2.23. The molecule has 0 radical (unpaired) electrons. The number of aryl methyl sites for hydroxylation is 1. The minimum absolute atomic E-state index is 0.0982. The van der Waals surface area contributed by atoms with Crippen LogP contribution < -0.4 is 0 Å². The molecular formula is C10H16N2O2S2. The summed E-state index contributed by atoms with van der Waals surface area (Å²) >= 11 is 2.95. The topological polar surface area (TPSA) is 52.1 Å². The Hall–Kier alpha value is -0.620. The first kappa shape index (κ1) is 13.4. The molecule has 1 aromatic rings. The minimum atomic E-state index is -0.143. The molecule has 0 bridgehead atoms. The first-order chi connectivity index (χ1) is 7.67. The molecule has 0 amide bonds. The number of carbonyl (C=O) groups is 1. The number of hydrogen-bond acceptors (Lipinski definition) is 6. The van der Waals surface area contributed by atoms with Crippen LogP contribution in [0.2, 0.25) is 0 Å². The van der Waals surface area contributed by atoms with Gasteiger partial charge in [0.1, 0.15) is 5.82 Å². The number of hydrogen-bond donors (Lipinski definition) is 0. The van der Waals surface area contributed by atoms with Gasteiger partial charge in [0.15, 0.2) is 4.34 Å². The lowest BCUT2D eigenvalue weighted by Crippen LogP contribution is -2.16. The quantitative estimate of drug-likeness (QED) is 0.580. The number of rotatable bonds is 6. The molecule has 6 heteroatoms. The number of ether oxygens (including phenoxy) is 1. The van der Waals surface area contributed by atoms with Gasteiger partial charge in [0.25, 0.3) is 0 Å². The van der Waals surface area contributed by atoms with Crippen molar-refractivity contribution in [1.29, 1.82) is 0 Å². The summed E-state index contributed by atoms with van der Waals surface area (Å²) < 4.78 is 10.0. The summed E-state index contributed by atoms with van der Waals surface area (Å²) in [7, 11) is 0. The predicted octanol–water partition coefficient (Wildman–Crippen LogP) is 2.39. The predicted molar refractivity (Wildman–Crippen MR) is 65.8 cm³/mol. The molecule has 0 aromatic carbocycles. The van der Waals surface area contributed by atoms with Crippen LogP contribution in [0.25, 0.3) is 0 Å². The lowest BCUT2D eigenvalue weighted by atomic mass is 10.2. The maximum atomic E-state index is 11.4. The standard InChI is InChI=1S/C10H16N2O2S2/c1-4-8-11-10(16-12-8)15-6-7(3)9(13)14-5-2/h7H,4-6H2,1-3H3. The zero-order valence-electron chi connectivity index (χ0n) is 9.73. The Labute approximate surface area is 104 Å². The van der Waals surface area contributed by atoms with Crippen LogP contribution in [-0.2, 0) is 16.0 Å². The summed E-state index contributed by atoms with van der Waals surface area (Å²) in [5.41, 5.74) is 0. The smallest absolute Gasteiger partial charge is 0.309 e. The molecule has 0 aliphatic heterocycles. The van der Waals surface area contributed by atoms with Crippen LogP contribution in [0.15, 0.2) is 4.34 Å². The van der Waals surface area contributed by atoms with E-state index in [1.54, 1.807) is 11.8 Å². The Morgan fingerprint density at radius 3 is 2.88 bits per heavy atom. The number of thioether (sulfide) groups is 1. The Morgan fingerprint density at radius 1 is 1.56 bits per heavy atom. The summed E-state index contributed by atoms with van der Waals surface area (Å²) in [5.74, 6) is 1.32. The Morgan fingerprint density at radius 2 is 2.31 bits per heavy atom. The van der Waals surface area contributed by atoms with Crippen molar-refractivity contribution in [2.24, 2.45) is 5.92 Å². The van der Waals surface area contributed by atoms with E-state index in [1.165, 1.54) is 11.5 Å². The molecule has 1 unspecified atom stereocenters. The van der Waals surface area contributed by atoms with Crippen molar-refractivity contribution >= 4 is 29.3 Å². The van der Waals surface area contributed by atoms with Crippen LogP contribution >= 0.6 is 23.3 Å². The Kier molecular flexibility index (Phi) is 5.76. The number of esters is 1. The first-order valence-corrected chi connectivity index (χ1v) is 7.05. The second-order valence-corrected chi connectivity index (χ2v) is 5.31. The number of carbonyl (C=O) groups excluding carboxylic acids is 1. The zero-order valence-corrected chi connectivity index (χ0v) is 11.4. The van der Waals surface area contributed by atoms with E-state index in [0.29, 0.717) is 12.4 Å². The van der Waals surface area contributed by atoms with E-state index < -0.39 is 0 Å². The van der Waals surface area contributed by atoms with Gasteiger partial charge in [0, 0.05) is 12.2 Å². The van der Waals surface area contributed by atoms with Crippen molar-refractivity contribution in [1.82, 2.24) is 9.36 Å². The lowest BCUT2D eigenvalue weighted by Gasteiger charge is -2.08. The third-order valence-corrected chi connectivity index (χ3v) is 4.04. The van der Waals surface area contributed by atoms with Gasteiger partial charge in [-0.2, -0.15) is 4.37 Å². The number of nitrogens with zero attached hydrogens (tertiary/aromatic N) is 2. The highest BCUT2D eigenvalue weighted by Gasteiger charge is 2.15. The molecule has 0 saturated heterocycles. The van der Waals surface area contributed by atoms with E-state index in [4.69, 9.17) is 4.74 Å². The van der Waals surface area contributed by atoms with E-state index in [0.717, 1.165) is 16.6 Å². The summed E-state index contributed by atoms with van der Waals surface area (Å²) in [6, 6.07) is 0. The molecule has 1 atom stereocenters. The van der Waals surface area contributed by atoms with Crippen LogP contribution in [0.3, 0.4) is 0 Å². The van der Waals surface area contributed by atoms with Gasteiger partial charge in [0.2, 0.25) is 0 Å². The average Bonchev–Trinajstić information content (AvgIpc) is 2.74. The highest BCUT2D eigenvalue weighted by atomic mass is 32.2. The molecule has 4 nitrogen and oxygen atoms in total. The molecule has 0 N–H and O–H groups in total. The molecule has 0 saturated carbocycles. The van der Waals surface area contributed by atoms with E-state index in [2.05, 4.69) is 9.36 Å². The molecule has 0 fully saturated rings. The van der Waals surface area contributed by atoms with Crippen LogP contribution in [0.5, 0.6) is 0 Å². The van der Waals surface area contributed by atoms with E-state index in [1.807, 2.05) is 20.8 Å². The summed E-state index contributed by atoms with van der Waals surface area (Å²) in [5, 5.41) is 0. The third kappa shape index (κ3) is 4.09. The Balaban J connectivity index is 2.36. The fourth-order valence-corrected chi connectivity index (χ4v) is 2.71. The maximum absolute atomic E-state index is 11.4. The van der Waals surface area contributed by atoms with Crippen molar-refractivity contribution in [3.63, 3.8) is 0 Å². The molecule has 1 rings (SSSR count). The lowest BCUT2D eigenvalue weighted by molar-refractivity contribution is -0.146. The largest absolute Gasteiger partial charge is 0.466 e. The van der Waals surface area contributed by atoms with Gasteiger partial charge < -0.3 is 4.74 Å². The van der Waals surface area contributed by atoms with Crippen molar-refractivity contribution in [3.8, 4) is 0 Å². The second kappa shape index (κ2) is 6.85. The van der Waals surface area contributed by atoms with Crippen molar-refractivity contribution in [3.05, 3.63) is 5.82 Å². The van der Waals surface area contributed by atoms with E-state index in [9.17, 15) is 4.79 Å². The van der Waals surface area contributed by atoms with Crippen molar-refractivity contribution < 1.29 is 9.53 Å². The normalized spacial score (nSPS) is 12.4. The van der Waals surface area contributed by atoms with Gasteiger partial charge in [-0.1, -0.05) is 25.6 Å². The summed E-state index contributed by atoms with van der Waals surface area (Å²) in [6.45, 7) is 6.15. The first-order valence-electron chi connectivity index (χ1n) is 5.29. The SMILES string of the molecule is CCOC(=O)C(C)CSc1nc(CC)ns1. The van der Waals surface area contributed by atoms with Crippen LogP contribution in [0.1, 0.15) is 26.6 Å². The van der Waals surface area contributed by atoms with Crippen molar-refractivity contribution in [2.75, 3.05) is 12.4 Å². The summed E-state index contributed by atoms with van der Waals surface area (Å²) in [6.07, 6.45) is 0.852. The maximum Gasteiger partial charge on any atom is 0.309 e. The molecule has 90 valence electrons. The third-order valence-electron chi connectivity index (χ3n) is 1.91. The Bertz CT molecular complexity index is 341. The fraction of sp³-hybridized carbons (Fsp3) is 0.700. The van der Waals surface area contributed by atoms with E-state index in [-0.39, 0.29) is 11.9 Å². The van der Waals surface area contributed by atoms with Crippen LogP contribution in [-0.4, -0.2) is 27.7 Å². The fourth-order valence-electron chi connectivity index (χ4n) is 0.989. The zero-order chi connectivity index (χ0) is 12.0. The average molecular weight is 260 g/mol. The van der Waals surface area contributed by atoms with Gasteiger partial charge in [-0.25, -0.2) is 4.98 Å². The number of aromatic nitrogens is 2. The monoisotopic (exact) mass is 260 g/mol. The van der Waals surface area contributed by atoms with Gasteiger partial charge in [-0.3, -0.25) is 4.79 Å². The molecule has 1 heterocycles. The van der Waals surface area contributed by atoms with Gasteiger partial charge in [0.05, 0.1) is 12.5 Å².